The molecule has 2 aromatic rings. The van der Waals surface area contributed by atoms with Gasteiger partial charge in [0, 0.05) is 24.7 Å². The van der Waals surface area contributed by atoms with Crippen LogP contribution in [0.25, 0.3) is 0 Å². The maximum absolute atomic E-state index is 13.0. The number of non-ortho nitro benzene ring substituents is 1. The molecule has 10 heteroatoms. The fourth-order valence-electron chi connectivity index (χ4n) is 2.50. The molecule has 28 heavy (non-hydrogen) atoms. The molecular formula is C18H19ClN2O6S. The summed E-state index contributed by atoms with van der Waals surface area (Å²) in [6, 6.07) is 9.85. The van der Waals surface area contributed by atoms with Crippen LogP contribution in [0.5, 0.6) is 5.75 Å². The van der Waals surface area contributed by atoms with Crippen LogP contribution in [0.3, 0.4) is 0 Å². The third kappa shape index (κ3) is 5.67. The molecule has 0 aromatic heterocycles. The molecule has 0 aliphatic carbocycles. The number of hydrogen-bond acceptors (Lipinski definition) is 6. The highest BCUT2D eigenvalue weighted by Crippen LogP contribution is 2.25. The van der Waals surface area contributed by atoms with Gasteiger partial charge in [-0.2, -0.15) is 8.42 Å². The molecule has 0 bridgehead atoms. The van der Waals surface area contributed by atoms with Crippen molar-refractivity contribution in [3.63, 3.8) is 0 Å². The minimum absolute atomic E-state index is 0.0148. The third-order valence-electron chi connectivity index (χ3n) is 3.78. The molecule has 0 unspecified atom stereocenters. The Labute approximate surface area is 168 Å². The van der Waals surface area contributed by atoms with Gasteiger partial charge >= 0.3 is 10.1 Å². The summed E-state index contributed by atoms with van der Waals surface area (Å²) in [6.07, 6.45) is 0.945. The average molecular weight is 427 g/mol. The molecule has 0 saturated heterocycles. The van der Waals surface area contributed by atoms with E-state index < -0.39 is 20.9 Å². The summed E-state index contributed by atoms with van der Waals surface area (Å²) < 4.78 is 27.5. The van der Waals surface area contributed by atoms with Gasteiger partial charge in [0.15, 0.2) is 0 Å². The quantitative estimate of drug-likeness (QED) is 0.380. The maximum Gasteiger partial charge on any atom is 0.306 e. The van der Waals surface area contributed by atoms with Gasteiger partial charge in [-0.05, 0) is 37.6 Å². The van der Waals surface area contributed by atoms with Crippen molar-refractivity contribution in [3.8, 4) is 5.75 Å². The van der Waals surface area contributed by atoms with Crippen molar-refractivity contribution in [2.75, 3.05) is 6.26 Å². The summed E-state index contributed by atoms with van der Waals surface area (Å²) in [5, 5.41) is 10.8. The zero-order valence-electron chi connectivity index (χ0n) is 15.5. The molecule has 1 amide bonds. The number of halogens is 1. The standard InChI is InChI=1S/C18H19ClN2O6S/c1-12(2)20(11-13-5-4-6-15(9-13)27-28(3,25)26)18(22)16-8-7-14(21(23)24)10-17(16)19/h4-10,12H,11H2,1-3H3. The number of carbonyl (C=O) groups excluding carboxylic acids is 1. The van der Waals surface area contributed by atoms with E-state index in [9.17, 15) is 23.3 Å². The first kappa shape index (κ1) is 21.6. The van der Waals surface area contributed by atoms with Crippen LogP contribution in [0.2, 0.25) is 5.02 Å². The Hall–Kier alpha value is -2.65. The van der Waals surface area contributed by atoms with Crippen LogP contribution in [0.15, 0.2) is 42.5 Å². The summed E-state index contributed by atoms with van der Waals surface area (Å²) in [5.74, 6) is -0.256. The number of nitrogens with zero attached hydrogens (tertiary/aromatic N) is 2. The lowest BCUT2D eigenvalue weighted by atomic mass is 10.1. The second-order valence-electron chi connectivity index (χ2n) is 6.38. The minimum atomic E-state index is -3.67. The van der Waals surface area contributed by atoms with Gasteiger partial charge in [0.25, 0.3) is 11.6 Å². The van der Waals surface area contributed by atoms with E-state index in [2.05, 4.69) is 0 Å². The van der Waals surface area contributed by atoms with E-state index in [0.717, 1.165) is 12.3 Å². The lowest BCUT2D eigenvalue weighted by Crippen LogP contribution is -2.36. The Balaban J connectivity index is 2.30. The number of nitro groups is 1. The summed E-state index contributed by atoms with van der Waals surface area (Å²) in [5.41, 5.74) is 0.592. The molecule has 0 radical (unpaired) electrons. The van der Waals surface area contributed by atoms with Crippen molar-refractivity contribution in [1.82, 2.24) is 4.90 Å². The zero-order chi connectivity index (χ0) is 21.1. The van der Waals surface area contributed by atoms with Crippen molar-refractivity contribution in [1.29, 1.82) is 0 Å². The largest absolute Gasteiger partial charge is 0.383 e. The zero-order valence-corrected chi connectivity index (χ0v) is 17.0. The summed E-state index contributed by atoms with van der Waals surface area (Å²) >= 11 is 6.08. The van der Waals surface area contributed by atoms with Gasteiger partial charge in [-0.3, -0.25) is 14.9 Å². The summed E-state index contributed by atoms with van der Waals surface area (Å²) in [6.45, 7) is 3.80. The molecule has 2 rings (SSSR count). The second-order valence-corrected chi connectivity index (χ2v) is 8.37. The summed E-state index contributed by atoms with van der Waals surface area (Å²) in [7, 11) is -3.67. The van der Waals surface area contributed by atoms with E-state index in [4.69, 9.17) is 15.8 Å². The number of hydrogen-bond donors (Lipinski definition) is 0. The van der Waals surface area contributed by atoms with Crippen LogP contribution in [-0.2, 0) is 16.7 Å². The fraction of sp³-hybridized carbons (Fsp3) is 0.278. The van der Waals surface area contributed by atoms with Crippen molar-refractivity contribution >= 4 is 33.3 Å². The Morgan fingerprint density at radius 2 is 1.93 bits per heavy atom. The van der Waals surface area contributed by atoms with Crippen molar-refractivity contribution in [3.05, 3.63) is 68.7 Å². The Morgan fingerprint density at radius 3 is 2.46 bits per heavy atom. The van der Waals surface area contributed by atoms with Crippen LogP contribution in [0.4, 0.5) is 5.69 Å². The number of carbonyl (C=O) groups is 1. The lowest BCUT2D eigenvalue weighted by molar-refractivity contribution is -0.384. The van der Waals surface area contributed by atoms with E-state index in [0.29, 0.717) is 5.56 Å². The number of benzene rings is 2. The molecule has 0 heterocycles. The van der Waals surface area contributed by atoms with Crippen LogP contribution >= 0.6 is 11.6 Å². The Bertz CT molecular complexity index is 1010. The minimum Gasteiger partial charge on any atom is -0.383 e. The molecule has 8 nitrogen and oxygen atoms in total. The predicted molar refractivity (Wildman–Crippen MR) is 105 cm³/mol. The van der Waals surface area contributed by atoms with Crippen LogP contribution < -0.4 is 4.18 Å². The molecule has 0 atom stereocenters. The first-order valence-electron chi connectivity index (χ1n) is 8.21. The van der Waals surface area contributed by atoms with E-state index in [1.54, 1.807) is 12.1 Å². The van der Waals surface area contributed by atoms with E-state index in [-0.39, 0.29) is 34.6 Å². The third-order valence-corrected chi connectivity index (χ3v) is 4.58. The number of amides is 1. The van der Waals surface area contributed by atoms with Gasteiger partial charge in [0.2, 0.25) is 0 Å². The number of nitro benzene ring substituents is 1. The summed E-state index contributed by atoms with van der Waals surface area (Å²) in [4.78, 5) is 24.7. The Kier molecular flexibility index (Phi) is 6.63. The monoisotopic (exact) mass is 426 g/mol. The van der Waals surface area contributed by atoms with E-state index >= 15 is 0 Å². The SMILES string of the molecule is CC(C)N(Cc1cccc(OS(C)(=O)=O)c1)C(=O)c1ccc([N+](=O)[O-])cc1Cl. The van der Waals surface area contributed by atoms with Crippen LogP contribution in [0.1, 0.15) is 29.8 Å². The average Bonchev–Trinajstić information content (AvgIpc) is 2.57. The smallest absolute Gasteiger partial charge is 0.306 e. The van der Waals surface area contributed by atoms with Crippen molar-refractivity contribution in [2.45, 2.75) is 26.4 Å². The van der Waals surface area contributed by atoms with Gasteiger partial charge < -0.3 is 9.08 Å². The predicted octanol–water partition coefficient (Wildman–Crippen LogP) is 3.64. The van der Waals surface area contributed by atoms with Crippen LogP contribution in [0, 0.1) is 10.1 Å². The normalized spacial score (nSPS) is 11.3. The molecule has 0 N–H and O–H groups in total. The molecular weight excluding hydrogens is 408 g/mol. The van der Waals surface area contributed by atoms with Gasteiger partial charge in [-0.15, -0.1) is 0 Å². The second kappa shape index (κ2) is 8.57. The highest BCUT2D eigenvalue weighted by molar-refractivity contribution is 7.86. The van der Waals surface area contributed by atoms with Crippen molar-refractivity contribution in [2.24, 2.45) is 0 Å². The highest BCUT2D eigenvalue weighted by atomic mass is 35.5. The topological polar surface area (TPSA) is 107 Å². The van der Waals surface area contributed by atoms with Crippen molar-refractivity contribution < 1.29 is 22.3 Å². The van der Waals surface area contributed by atoms with E-state index in [1.807, 2.05) is 13.8 Å². The van der Waals surface area contributed by atoms with Gasteiger partial charge in [0.05, 0.1) is 21.8 Å². The fourth-order valence-corrected chi connectivity index (χ4v) is 3.21. The van der Waals surface area contributed by atoms with Crippen LogP contribution in [-0.4, -0.2) is 36.4 Å². The molecule has 0 spiro atoms. The molecule has 0 aliphatic rings. The lowest BCUT2D eigenvalue weighted by Gasteiger charge is -2.27. The Morgan fingerprint density at radius 1 is 1.25 bits per heavy atom. The first-order valence-corrected chi connectivity index (χ1v) is 10.4. The van der Waals surface area contributed by atoms with Gasteiger partial charge in [-0.1, -0.05) is 23.7 Å². The molecule has 0 aliphatic heterocycles. The van der Waals surface area contributed by atoms with Gasteiger partial charge in [0.1, 0.15) is 5.75 Å². The number of rotatable bonds is 7. The first-order chi connectivity index (χ1) is 13.0. The molecule has 0 fully saturated rings. The molecule has 0 saturated carbocycles. The highest BCUT2D eigenvalue weighted by Gasteiger charge is 2.23. The molecule has 150 valence electrons. The van der Waals surface area contributed by atoms with E-state index in [1.165, 1.54) is 29.2 Å². The van der Waals surface area contributed by atoms with Gasteiger partial charge in [-0.25, -0.2) is 0 Å². The maximum atomic E-state index is 13.0. The molecule has 2 aromatic carbocycles.